The third-order valence-electron chi connectivity index (χ3n) is 1.49. The Labute approximate surface area is 90.2 Å². The van der Waals surface area contributed by atoms with Crippen molar-refractivity contribution in [2.75, 3.05) is 0 Å². The Bertz CT molecular complexity index is 352. The van der Waals surface area contributed by atoms with Crippen LogP contribution in [0.4, 0.5) is 5.69 Å². The molecule has 0 saturated carbocycles. The van der Waals surface area contributed by atoms with Crippen LogP contribution in [0, 0.1) is 10.1 Å². The molecule has 14 heavy (non-hydrogen) atoms. The van der Waals surface area contributed by atoms with Gasteiger partial charge in [-0.05, 0) is 35.8 Å². The minimum Gasteiger partial charge on any atom is -0.490 e. The molecule has 5 heteroatoms. The minimum atomic E-state index is -0.441. The smallest absolute Gasteiger partial charge is 0.270 e. The fourth-order valence-corrected chi connectivity index (χ4v) is 1.41. The number of rotatable bonds is 3. The molecule has 0 N–H and O–H groups in total. The molecule has 76 valence electrons. The maximum atomic E-state index is 10.4. The molecule has 0 atom stereocenters. The Morgan fingerprint density at radius 3 is 2.57 bits per heavy atom. The SMILES string of the molecule is CC(C)Oc1ccc([N+](=O)[O-])cc1Br. The van der Waals surface area contributed by atoms with Gasteiger partial charge in [0.1, 0.15) is 5.75 Å². The van der Waals surface area contributed by atoms with Crippen molar-refractivity contribution < 1.29 is 9.66 Å². The van der Waals surface area contributed by atoms with E-state index in [1.807, 2.05) is 13.8 Å². The topological polar surface area (TPSA) is 52.4 Å². The summed E-state index contributed by atoms with van der Waals surface area (Å²) in [7, 11) is 0. The number of ether oxygens (including phenoxy) is 1. The first-order chi connectivity index (χ1) is 6.50. The third-order valence-corrected chi connectivity index (χ3v) is 2.11. The summed E-state index contributed by atoms with van der Waals surface area (Å²) >= 11 is 3.21. The van der Waals surface area contributed by atoms with Crippen molar-refractivity contribution in [1.82, 2.24) is 0 Å². The summed E-state index contributed by atoms with van der Waals surface area (Å²) in [6.45, 7) is 3.79. The molecule has 0 aliphatic rings. The van der Waals surface area contributed by atoms with Crippen LogP contribution in [0.5, 0.6) is 5.75 Å². The number of nitro benzene ring substituents is 1. The van der Waals surface area contributed by atoms with Gasteiger partial charge in [-0.2, -0.15) is 0 Å². The molecule has 1 aromatic rings. The molecule has 0 amide bonds. The lowest BCUT2D eigenvalue weighted by molar-refractivity contribution is -0.385. The third kappa shape index (κ3) is 2.70. The number of hydrogen-bond acceptors (Lipinski definition) is 3. The van der Waals surface area contributed by atoms with Gasteiger partial charge in [0.25, 0.3) is 5.69 Å². The van der Waals surface area contributed by atoms with E-state index in [4.69, 9.17) is 4.74 Å². The molecule has 0 saturated heterocycles. The molecule has 4 nitrogen and oxygen atoms in total. The number of non-ortho nitro benzene ring substituents is 1. The second-order valence-corrected chi connectivity index (χ2v) is 3.89. The van der Waals surface area contributed by atoms with Crippen LogP contribution in [0.25, 0.3) is 0 Å². The van der Waals surface area contributed by atoms with Crippen LogP contribution in [-0.2, 0) is 0 Å². The fourth-order valence-electron chi connectivity index (χ4n) is 0.953. The molecule has 0 aromatic heterocycles. The number of benzene rings is 1. The lowest BCUT2D eigenvalue weighted by atomic mass is 10.3. The molecule has 0 spiro atoms. The predicted octanol–water partition coefficient (Wildman–Crippen LogP) is 3.14. The summed E-state index contributed by atoms with van der Waals surface area (Å²) in [6.07, 6.45) is 0.0488. The van der Waals surface area contributed by atoms with Crippen LogP contribution < -0.4 is 4.74 Å². The maximum absolute atomic E-state index is 10.4. The van der Waals surface area contributed by atoms with Crippen LogP contribution >= 0.6 is 15.9 Å². The first kappa shape index (κ1) is 11.0. The van der Waals surface area contributed by atoms with Gasteiger partial charge < -0.3 is 4.74 Å². The zero-order valence-electron chi connectivity index (χ0n) is 7.86. The van der Waals surface area contributed by atoms with Crippen molar-refractivity contribution in [3.63, 3.8) is 0 Å². The second kappa shape index (κ2) is 4.41. The largest absolute Gasteiger partial charge is 0.490 e. The van der Waals surface area contributed by atoms with Crippen molar-refractivity contribution in [1.29, 1.82) is 0 Å². The summed E-state index contributed by atoms with van der Waals surface area (Å²) in [5.41, 5.74) is 0.0491. The number of nitrogens with zero attached hydrogens (tertiary/aromatic N) is 1. The molecular weight excluding hydrogens is 250 g/mol. The van der Waals surface area contributed by atoms with Crippen molar-refractivity contribution in [3.05, 3.63) is 32.8 Å². The fraction of sp³-hybridized carbons (Fsp3) is 0.333. The Balaban J connectivity index is 2.95. The van der Waals surface area contributed by atoms with E-state index in [9.17, 15) is 10.1 Å². The molecular formula is C9H10BrNO3. The summed E-state index contributed by atoms with van der Waals surface area (Å²) in [5, 5.41) is 10.4. The van der Waals surface area contributed by atoms with E-state index >= 15 is 0 Å². The van der Waals surface area contributed by atoms with E-state index < -0.39 is 4.92 Å². The van der Waals surface area contributed by atoms with E-state index in [0.29, 0.717) is 10.2 Å². The van der Waals surface area contributed by atoms with Gasteiger partial charge in [-0.3, -0.25) is 10.1 Å². The first-order valence-corrected chi connectivity index (χ1v) is 4.90. The summed E-state index contributed by atoms with van der Waals surface area (Å²) in [5.74, 6) is 0.616. The molecule has 0 aliphatic carbocycles. The molecule has 0 aliphatic heterocycles. The van der Waals surface area contributed by atoms with Crippen molar-refractivity contribution in [2.45, 2.75) is 20.0 Å². The monoisotopic (exact) mass is 259 g/mol. The molecule has 1 rings (SSSR count). The Morgan fingerprint density at radius 1 is 1.50 bits per heavy atom. The van der Waals surface area contributed by atoms with E-state index in [2.05, 4.69) is 15.9 Å². The summed E-state index contributed by atoms with van der Waals surface area (Å²) in [6, 6.07) is 4.43. The minimum absolute atomic E-state index is 0.0488. The van der Waals surface area contributed by atoms with Gasteiger partial charge in [0.05, 0.1) is 15.5 Å². The van der Waals surface area contributed by atoms with Gasteiger partial charge in [0.2, 0.25) is 0 Å². The quantitative estimate of drug-likeness (QED) is 0.619. The lowest BCUT2D eigenvalue weighted by Crippen LogP contribution is -2.05. The van der Waals surface area contributed by atoms with Gasteiger partial charge in [0.15, 0.2) is 0 Å². The van der Waals surface area contributed by atoms with E-state index in [1.165, 1.54) is 12.1 Å². The number of hydrogen-bond donors (Lipinski definition) is 0. The van der Waals surface area contributed by atoms with E-state index in [1.54, 1.807) is 6.07 Å². The van der Waals surface area contributed by atoms with Gasteiger partial charge in [-0.25, -0.2) is 0 Å². The van der Waals surface area contributed by atoms with Crippen LogP contribution in [0.15, 0.2) is 22.7 Å². The standard InChI is InChI=1S/C9H10BrNO3/c1-6(2)14-9-4-3-7(11(12)13)5-8(9)10/h3-6H,1-2H3. The van der Waals surface area contributed by atoms with Gasteiger partial charge >= 0.3 is 0 Å². The van der Waals surface area contributed by atoms with Crippen LogP contribution in [0.2, 0.25) is 0 Å². The molecule has 0 radical (unpaired) electrons. The van der Waals surface area contributed by atoms with Crippen LogP contribution in [0.3, 0.4) is 0 Å². The van der Waals surface area contributed by atoms with Gasteiger partial charge in [0, 0.05) is 12.1 Å². The van der Waals surface area contributed by atoms with Crippen molar-refractivity contribution >= 4 is 21.6 Å². The second-order valence-electron chi connectivity index (χ2n) is 3.04. The predicted molar refractivity (Wildman–Crippen MR) is 56.6 cm³/mol. The molecule has 0 unspecified atom stereocenters. The van der Waals surface area contributed by atoms with E-state index in [-0.39, 0.29) is 11.8 Å². The molecule has 0 fully saturated rings. The van der Waals surface area contributed by atoms with Crippen molar-refractivity contribution in [3.8, 4) is 5.75 Å². The van der Waals surface area contributed by atoms with Gasteiger partial charge in [-0.1, -0.05) is 0 Å². The Morgan fingerprint density at radius 2 is 2.14 bits per heavy atom. The Kier molecular flexibility index (Phi) is 3.46. The van der Waals surface area contributed by atoms with Crippen LogP contribution in [0.1, 0.15) is 13.8 Å². The highest BCUT2D eigenvalue weighted by Gasteiger charge is 2.10. The number of nitro groups is 1. The zero-order valence-corrected chi connectivity index (χ0v) is 9.45. The highest BCUT2D eigenvalue weighted by Crippen LogP contribution is 2.29. The Hall–Kier alpha value is -1.10. The first-order valence-electron chi connectivity index (χ1n) is 4.11. The maximum Gasteiger partial charge on any atom is 0.270 e. The lowest BCUT2D eigenvalue weighted by Gasteiger charge is -2.10. The van der Waals surface area contributed by atoms with Gasteiger partial charge in [-0.15, -0.1) is 0 Å². The normalized spacial score (nSPS) is 10.3. The summed E-state index contributed by atoms with van der Waals surface area (Å²) < 4.78 is 6.01. The molecule has 0 heterocycles. The average molecular weight is 260 g/mol. The van der Waals surface area contributed by atoms with Crippen LogP contribution in [-0.4, -0.2) is 11.0 Å². The highest BCUT2D eigenvalue weighted by molar-refractivity contribution is 9.10. The van der Waals surface area contributed by atoms with Crippen molar-refractivity contribution in [2.24, 2.45) is 0 Å². The zero-order chi connectivity index (χ0) is 10.7. The highest BCUT2D eigenvalue weighted by atomic mass is 79.9. The molecule has 0 bridgehead atoms. The average Bonchev–Trinajstić information content (AvgIpc) is 2.07. The summed E-state index contributed by atoms with van der Waals surface area (Å²) in [4.78, 5) is 9.99. The molecule has 1 aromatic carbocycles. The number of halogens is 1. The van der Waals surface area contributed by atoms with E-state index in [0.717, 1.165) is 0 Å².